The summed E-state index contributed by atoms with van der Waals surface area (Å²) in [7, 11) is 0. The third-order valence-corrected chi connectivity index (χ3v) is 4.90. The standard InChI is InChI=1S/C22H22N4O/c1-2-25(16-17-8-4-3-5-9-17)21(27)19-14-23-22(24-15-19)26-13-12-18-10-6-7-11-20(18)26/h3-11,14-15H,2,12-13,16H2,1H3. The molecule has 0 saturated carbocycles. The van der Waals surface area contributed by atoms with Gasteiger partial charge in [0.15, 0.2) is 0 Å². The van der Waals surface area contributed by atoms with E-state index in [0.29, 0.717) is 24.6 Å². The van der Waals surface area contributed by atoms with Crippen molar-refractivity contribution in [2.75, 3.05) is 18.0 Å². The molecule has 0 unspecified atom stereocenters. The molecule has 5 nitrogen and oxygen atoms in total. The van der Waals surface area contributed by atoms with Crippen LogP contribution in [0.15, 0.2) is 67.0 Å². The number of aromatic nitrogens is 2. The molecule has 0 bridgehead atoms. The van der Waals surface area contributed by atoms with E-state index in [1.54, 1.807) is 17.3 Å². The van der Waals surface area contributed by atoms with Crippen molar-refractivity contribution < 1.29 is 4.79 Å². The molecule has 0 saturated heterocycles. The smallest absolute Gasteiger partial charge is 0.257 e. The zero-order valence-corrected chi connectivity index (χ0v) is 15.4. The highest BCUT2D eigenvalue weighted by Crippen LogP contribution is 2.31. The first-order valence-electron chi connectivity index (χ1n) is 9.27. The molecule has 4 rings (SSSR count). The van der Waals surface area contributed by atoms with Crippen molar-refractivity contribution in [2.24, 2.45) is 0 Å². The van der Waals surface area contributed by atoms with Gasteiger partial charge in [-0.15, -0.1) is 0 Å². The van der Waals surface area contributed by atoms with Crippen LogP contribution in [0.25, 0.3) is 0 Å². The van der Waals surface area contributed by atoms with Gasteiger partial charge in [0.05, 0.1) is 5.56 Å². The van der Waals surface area contributed by atoms with E-state index in [-0.39, 0.29) is 5.91 Å². The summed E-state index contributed by atoms with van der Waals surface area (Å²) in [6.07, 6.45) is 4.26. The minimum Gasteiger partial charge on any atom is -0.335 e. The van der Waals surface area contributed by atoms with Gasteiger partial charge in [0.1, 0.15) is 0 Å². The second kappa shape index (κ2) is 7.58. The van der Waals surface area contributed by atoms with Crippen molar-refractivity contribution in [1.82, 2.24) is 14.9 Å². The number of anilines is 2. The molecular weight excluding hydrogens is 336 g/mol. The fourth-order valence-corrected chi connectivity index (χ4v) is 3.43. The predicted molar refractivity (Wildman–Crippen MR) is 106 cm³/mol. The molecule has 1 amide bonds. The summed E-state index contributed by atoms with van der Waals surface area (Å²) in [6.45, 7) is 4.06. The third kappa shape index (κ3) is 3.53. The van der Waals surface area contributed by atoms with Gasteiger partial charge < -0.3 is 9.80 Å². The lowest BCUT2D eigenvalue weighted by atomic mass is 10.2. The number of carbonyl (C=O) groups is 1. The minimum atomic E-state index is -0.0466. The minimum absolute atomic E-state index is 0.0466. The van der Waals surface area contributed by atoms with Crippen LogP contribution in [-0.4, -0.2) is 33.9 Å². The zero-order valence-electron chi connectivity index (χ0n) is 15.4. The molecule has 0 N–H and O–H groups in total. The van der Waals surface area contributed by atoms with Crippen LogP contribution < -0.4 is 4.90 Å². The number of para-hydroxylation sites is 1. The lowest BCUT2D eigenvalue weighted by molar-refractivity contribution is 0.0751. The molecule has 1 aliphatic heterocycles. The maximum Gasteiger partial charge on any atom is 0.257 e. The van der Waals surface area contributed by atoms with Gasteiger partial charge in [-0.3, -0.25) is 4.79 Å². The maximum atomic E-state index is 12.8. The van der Waals surface area contributed by atoms with E-state index in [1.807, 2.05) is 43.3 Å². The summed E-state index contributed by atoms with van der Waals surface area (Å²) >= 11 is 0. The Balaban J connectivity index is 1.51. The summed E-state index contributed by atoms with van der Waals surface area (Å²) < 4.78 is 0. The van der Waals surface area contributed by atoms with Crippen LogP contribution in [0.5, 0.6) is 0 Å². The Morgan fingerprint density at radius 1 is 1.04 bits per heavy atom. The Hall–Kier alpha value is -3.21. The molecule has 5 heteroatoms. The summed E-state index contributed by atoms with van der Waals surface area (Å²) in [5, 5.41) is 0. The zero-order chi connectivity index (χ0) is 18.6. The monoisotopic (exact) mass is 358 g/mol. The first kappa shape index (κ1) is 17.2. The highest BCUT2D eigenvalue weighted by molar-refractivity contribution is 5.93. The molecule has 1 aliphatic rings. The van der Waals surface area contributed by atoms with Crippen LogP contribution in [0.2, 0.25) is 0 Å². The van der Waals surface area contributed by atoms with Crippen LogP contribution in [0.1, 0.15) is 28.4 Å². The lowest BCUT2D eigenvalue weighted by Gasteiger charge is -2.21. The number of rotatable bonds is 5. The largest absolute Gasteiger partial charge is 0.335 e. The van der Waals surface area contributed by atoms with E-state index < -0.39 is 0 Å². The number of hydrogen-bond acceptors (Lipinski definition) is 4. The third-order valence-electron chi connectivity index (χ3n) is 4.90. The fraction of sp³-hybridized carbons (Fsp3) is 0.227. The number of nitrogens with zero attached hydrogens (tertiary/aromatic N) is 4. The summed E-state index contributed by atoms with van der Waals surface area (Å²) in [4.78, 5) is 25.7. The van der Waals surface area contributed by atoms with E-state index in [9.17, 15) is 4.79 Å². The van der Waals surface area contributed by atoms with Gasteiger partial charge in [-0.25, -0.2) is 9.97 Å². The second-order valence-corrected chi connectivity index (χ2v) is 6.61. The van der Waals surface area contributed by atoms with E-state index in [4.69, 9.17) is 0 Å². The van der Waals surface area contributed by atoms with Gasteiger partial charge in [-0.2, -0.15) is 0 Å². The molecule has 0 atom stereocenters. The van der Waals surface area contributed by atoms with E-state index in [1.165, 1.54) is 5.56 Å². The van der Waals surface area contributed by atoms with Crippen molar-refractivity contribution in [3.05, 3.63) is 83.7 Å². The van der Waals surface area contributed by atoms with Crippen molar-refractivity contribution in [3.63, 3.8) is 0 Å². The predicted octanol–water partition coefficient (Wildman–Crippen LogP) is 3.83. The first-order valence-corrected chi connectivity index (χ1v) is 9.27. The van der Waals surface area contributed by atoms with Gasteiger partial charge >= 0.3 is 0 Å². The maximum absolute atomic E-state index is 12.8. The Kier molecular flexibility index (Phi) is 4.83. The average molecular weight is 358 g/mol. The molecule has 136 valence electrons. The van der Waals surface area contributed by atoms with Crippen LogP contribution in [-0.2, 0) is 13.0 Å². The van der Waals surface area contributed by atoms with Gasteiger partial charge in [-0.1, -0.05) is 48.5 Å². The highest BCUT2D eigenvalue weighted by Gasteiger charge is 2.22. The Morgan fingerprint density at radius 2 is 1.74 bits per heavy atom. The van der Waals surface area contributed by atoms with Gasteiger partial charge in [0.25, 0.3) is 5.91 Å². The molecule has 1 aromatic heterocycles. The van der Waals surface area contributed by atoms with Crippen LogP contribution >= 0.6 is 0 Å². The fourth-order valence-electron chi connectivity index (χ4n) is 3.43. The Labute approximate surface area is 159 Å². The average Bonchev–Trinajstić information content (AvgIpc) is 3.16. The molecule has 0 aliphatic carbocycles. The summed E-state index contributed by atoms with van der Waals surface area (Å²) in [5.74, 6) is 0.595. The van der Waals surface area contributed by atoms with Gasteiger partial charge in [0, 0.05) is 37.7 Å². The molecule has 27 heavy (non-hydrogen) atoms. The van der Waals surface area contributed by atoms with E-state index in [2.05, 4.69) is 33.1 Å². The Bertz CT molecular complexity index is 925. The topological polar surface area (TPSA) is 49.3 Å². The number of carbonyl (C=O) groups excluding carboxylic acids is 1. The molecule has 3 aromatic rings. The van der Waals surface area contributed by atoms with E-state index >= 15 is 0 Å². The normalized spacial score (nSPS) is 12.7. The molecule has 2 aromatic carbocycles. The number of benzene rings is 2. The summed E-state index contributed by atoms with van der Waals surface area (Å²) in [5.41, 5.74) is 4.08. The molecular formula is C22H22N4O. The van der Waals surface area contributed by atoms with Crippen molar-refractivity contribution in [3.8, 4) is 0 Å². The molecule has 2 heterocycles. The first-order chi connectivity index (χ1) is 13.3. The van der Waals surface area contributed by atoms with Crippen LogP contribution in [0.3, 0.4) is 0 Å². The van der Waals surface area contributed by atoms with Crippen LogP contribution in [0, 0.1) is 0 Å². The van der Waals surface area contributed by atoms with Crippen molar-refractivity contribution in [1.29, 1.82) is 0 Å². The van der Waals surface area contributed by atoms with E-state index in [0.717, 1.165) is 24.2 Å². The summed E-state index contributed by atoms with van der Waals surface area (Å²) in [6, 6.07) is 18.3. The van der Waals surface area contributed by atoms with Crippen molar-refractivity contribution >= 4 is 17.5 Å². The highest BCUT2D eigenvalue weighted by atomic mass is 16.2. The Morgan fingerprint density at radius 3 is 2.48 bits per heavy atom. The second-order valence-electron chi connectivity index (χ2n) is 6.61. The molecule has 0 radical (unpaired) electrons. The van der Waals surface area contributed by atoms with Gasteiger partial charge in [-0.05, 0) is 30.5 Å². The molecule has 0 fully saturated rings. The SMILES string of the molecule is CCN(Cc1ccccc1)C(=O)c1cnc(N2CCc3ccccc32)nc1. The molecule has 0 spiro atoms. The quantitative estimate of drug-likeness (QED) is 0.695. The van der Waals surface area contributed by atoms with Crippen LogP contribution in [0.4, 0.5) is 11.6 Å². The number of fused-ring (bicyclic) bond motifs is 1. The van der Waals surface area contributed by atoms with Gasteiger partial charge in [0.2, 0.25) is 5.95 Å². The van der Waals surface area contributed by atoms with Crippen molar-refractivity contribution in [2.45, 2.75) is 19.9 Å². The number of amides is 1. The number of hydrogen-bond donors (Lipinski definition) is 0. The lowest BCUT2D eigenvalue weighted by Crippen LogP contribution is -2.30.